The quantitative estimate of drug-likeness (QED) is 0.618. The number of fused-ring (bicyclic) bond motifs is 1. The van der Waals surface area contributed by atoms with Crippen LogP contribution in [-0.4, -0.2) is 19.6 Å². The number of thiophene rings is 1. The highest BCUT2D eigenvalue weighted by Crippen LogP contribution is 2.28. The number of aromatic nitrogens is 4. The zero-order valence-electron chi connectivity index (χ0n) is 10.9. The van der Waals surface area contributed by atoms with Crippen LogP contribution in [0.2, 0.25) is 0 Å². The summed E-state index contributed by atoms with van der Waals surface area (Å²) < 4.78 is 1.27. The van der Waals surface area contributed by atoms with Gasteiger partial charge < -0.3 is 0 Å². The van der Waals surface area contributed by atoms with Gasteiger partial charge in [-0.15, -0.1) is 11.3 Å². The molecule has 0 saturated heterocycles. The van der Waals surface area contributed by atoms with Crippen molar-refractivity contribution in [2.75, 3.05) is 0 Å². The van der Waals surface area contributed by atoms with Gasteiger partial charge in [0.25, 0.3) is 0 Å². The van der Waals surface area contributed by atoms with E-state index >= 15 is 0 Å². The molecule has 102 valence electrons. The van der Waals surface area contributed by atoms with Crippen LogP contribution in [-0.2, 0) is 0 Å². The first-order valence-corrected chi connectivity index (χ1v) is 7.26. The molecule has 1 N–H and O–H groups in total. The number of H-pyrrole nitrogens is 1. The number of aromatic amines is 1. The van der Waals surface area contributed by atoms with Crippen molar-refractivity contribution in [3.05, 3.63) is 64.8 Å². The van der Waals surface area contributed by atoms with Gasteiger partial charge in [-0.2, -0.15) is 9.61 Å². The van der Waals surface area contributed by atoms with E-state index in [1.165, 1.54) is 21.3 Å². The lowest BCUT2D eigenvalue weighted by molar-refractivity contribution is 0.840. The summed E-state index contributed by atoms with van der Waals surface area (Å²) in [6.45, 7) is 0. The van der Waals surface area contributed by atoms with Gasteiger partial charge in [-0.25, -0.2) is 9.78 Å². The highest BCUT2D eigenvalue weighted by molar-refractivity contribution is 7.13. The molecular formula is C15H10N4OS. The first-order chi connectivity index (χ1) is 10.3. The predicted octanol–water partition coefficient (Wildman–Crippen LogP) is 2.81. The molecule has 0 saturated carbocycles. The standard InChI is InChI=1S/C15H10N4OS/c20-15-17-9-16-14-12(8-18-19(14)15)10-3-5-11(6-4-10)13-2-1-7-21-13/h1-9H,(H,16,17,20). The van der Waals surface area contributed by atoms with Gasteiger partial charge in [0.1, 0.15) is 0 Å². The van der Waals surface area contributed by atoms with Crippen LogP contribution in [0.1, 0.15) is 0 Å². The maximum absolute atomic E-state index is 11.6. The number of hydrogen-bond donors (Lipinski definition) is 1. The fourth-order valence-electron chi connectivity index (χ4n) is 2.29. The van der Waals surface area contributed by atoms with Crippen molar-refractivity contribution in [2.24, 2.45) is 0 Å². The monoisotopic (exact) mass is 294 g/mol. The van der Waals surface area contributed by atoms with Gasteiger partial charge in [-0.1, -0.05) is 30.3 Å². The summed E-state index contributed by atoms with van der Waals surface area (Å²) in [5.74, 6) is 0. The van der Waals surface area contributed by atoms with Crippen LogP contribution >= 0.6 is 11.3 Å². The zero-order chi connectivity index (χ0) is 14.2. The van der Waals surface area contributed by atoms with Gasteiger partial charge in [0.2, 0.25) is 0 Å². The number of nitrogens with one attached hydrogen (secondary N) is 1. The first-order valence-electron chi connectivity index (χ1n) is 6.39. The average molecular weight is 294 g/mol. The number of benzene rings is 1. The summed E-state index contributed by atoms with van der Waals surface area (Å²) in [6.07, 6.45) is 3.06. The molecule has 0 aliphatic heterocycles. The largest absolute Gasteiger partial charge is 0.349 e. The Labute approximate surface area is 123 Å². The number of rotatable bonds is 2. The summed E-state index contributed by atoms with van der Waals surface area (Å²) in [7, 11) is 0. The van der Waals surface area contributed by atoms with E-state index in [1.54, 1.807) is 17.5 Å². The Morgan fingerprint density at radius 2 is 1.90 bits per heavy atom. The summed E-state index contributed by atoms with van der Waals surface area (Å²) >= 11 is 1.71. The molecule has 0 atom stereocenters. The lowest BCUT2D eigenvalue weighted by Gasteiger charge is -2.01. The minimum absolute atomic E-state index is 0.290. The van der Waals surface area contributed by atoms with E-state index in [2.05, 4.69) is 38.6 Å². The fourth-order valence-corrected chi connectivity index (χ4v) is 3.02. The van der Waals surface area contributed by atoms with Crippen LogP contribution in [0.15, 0.2) is 59.1 Å². The lowest BCUT2D eigenvalue weighted by Crippen LogP contribution is -2.17. The van der Waals surface area contributed by atoms with Crippen molar-refractivity contribution in [2.45, 2.75) is 0 Å². The van der Waals surface area contributed by atoms with E-state index in [4.69, 9.17) is 0 Å². The van der Waals surface area contributed by atoms with Gasteiger partial charge in [0, 0.05) is 10.4 Å². The molecule has 6 heteroatoms. The van der Waals surface area contributed by atoms with Crippen LogP contribution in [0, 0.1) is 0 Å². The normalized spacial score (nSPS) is 11.0. The van der Waals surface area contributed by atoms with Crippen LogP contribution in [0.4, 0.5) is 0 Å². The minimum atomic E-state index is -0.290. The highest BCUT2D eigenvalue weighted by Gasteiger charge is 2.09. The van der Waals surface area contributed by atoms with E-state index < -0.39 is 0 Å². The third kappa shape index (κ3) is 1.96. The molecule has 5 nitrogen and oxygen atoms in total. The topological polar surface area (TPSA) is 63.0 Å². The summed E-state index contributed by atoms with van der Waals surface area (Å²) in [5, 5.41) is 6.14. The second-order valence-electron chi connectivity index (χ2n) is 4.56. The average Bonchev–Trinajstić information content (AvgIpc) is 3.18. The van der Waals surface area contributed by atoms with E-state index in [1.807, 2.05) is 18.2 Å². The summed E-state index contributed by atoms with van der Waals surface area (Å²) in [4.78, 5) is 19.6. The van der Waals surface area contributed by atoms with Gasteiger partial charge in [-0.05, 0) is 22.6 Å². The molecule has 3 heterocycles. The van der Waals surface area contributed by atoms with Gasteiger partial charge in [-0.3, -0.25) is 4.98 Å². The molecule has 0 bridgehead atoms. The molecule has 0 amide bonds. The predicted molar refractivity (Wildman–Crippen MR) is 82.4 cm³/mol. The molecule has 0 spiro atoms. The Kier molecular flexibility index (Phi) is 2.68. The van der Waals surface area contributed by atoms with Crippen LogP contribution in [0.5, 0.6) is 0 Å². The molecule has 21 heavy (non-hydrogen) atoms. The molecular weight excluding hydrogens is 284 g/mol. The summed E-state index contributed by atoms with van der Waals surface area (Å²) in [6, 6.07) is 12.3. The molecule has 3 aromatic heterocycles. The molecule has 4 aromatic rings. The molecule has 0 aliphatic rings. The van der Waals surface area contributed by atoms with Gasteiger partial charge in [0.15, 0.2) is 5.65 Å². The van der Waals surface area contributed by atoms with E-state index in [9.17, 15) is 4.79 Å². The highest BCUT2D eigenvalue weighted by atomic mass is 32.1. The second kappa shape index (κ2) is 4.68. The van der Waals surface area contributed by atoms with Crippen molar-refractivity contribution in [3.8, 4) is 21.6 Å². The van der Waals surface area contributed by atoms with Crippen molar-refractivity contribution < 1.29 is 0 Å². The maximum atomic E-state index is 11.6. The molecule has 0 fully saturated rings. The van der Waals surface area contributed by atoms with Crippen LogP contribution in [0.3, 0.4) is 0 Å². The van der Waals surface area contributed by atoms with Gasteiger partial charge in [0.05, 0.1) is 12.5 Å². The van der Waals surface area contributed by atoms with Crippen LogP contribution < -0.4 is 5.69 Å². The SMILES string of the molecule is O=c1[nH]cnc2c(-c3ccc(-c4cccs4)cc3)cnn12. The number of hydrogen-bond acceptors (Lipinski definition) is 4. The summed E-state index contributed by atoms with van der Waals surface area (Å²) in [5.41, 5.74) is 3.28. The van der Waals surface area contributed by atoms with Crippen molar-refractivity contribution in [1.82, 2.24) is 19.6 Å². The van der Waals surface area contributed by atoms with Crippen molar-refractivity contribution >= 4 is 17.0 Å². The Balaban J connectivity index is 1.82. The Morgan fingerprint density at radius 3 is 2.67 bits per heavy atom. The minimum Gasteiger partial charge on any atom is -0.296 e. The Morgan fingerprint density at radius 1 is 1.10 bits per heavy atom. The van der Waals surface area contributed by atoms with E-state index in [0.29, 0.717) is 5.65 Å². The first kappa shape index (κ1) is 12.0. The molecule has 1 aromatic carbocycles. The lowest BCUT2D eigenvalue weighted by atomic mass is 10.1. The van der Waals surface area contributed by atoms with Crippen LogP contribution in [0.25, 0.3) is 27.2 Å². The maximum Gasteiger partial charge on any atom is 0.349 e. The molecule has 4 rings (SSSR count). The smallest absolute Gasteiger partial charge is 0.296 e. The van der Waals surface area contributed by atoms with E-state index in [0.717, 1.165) is 11.1 Å². The molecule has 0 radical (unpaired) electrons. The second-order valence-corrected chi connectivity index (χ2v) is 5.50. The van der Waals surface area contributed by atoms with Crippen molar-refractivity contribution in [1.29, 1.82) is 0 Å². The Hall–Kier alpha value is -2.73. The third-order valence-electron chi connectivity index (χ3n) is 3.31. The van der Waals surface area contributed by atoms with Gasteiger partial charge >= 0.3 is 5.69 Å². The third-order valence-corrected chi connectivity index (χ3v) is 4.23. The van der Waals surface area contributed by atoms with Crippen molar-refractivity contribution in [3.63, 3.8) is 0 Å². The zero-order valence-corrected chi connectivity index (χ0v) is 11.7. The number of nitrogens with zero attached hydrogens (tertiary/aromatic N) is 3. The fraction of sp³-hybridized carbons (Fsp3) is 0. The molecule has 0 unspecified atom stereocenters. The van der Waals surface area contributed by atoms with E-state index in [-0.39, 0.29) is 5.69 Å². The Bertz CT molecular complexity index is 951. The molecule has 0 aliphatic carbocycles.